The number of rotatable bonds is 7. The molecule has 1 aromatic carbocycles. The van der Waals surface area contributed by atoms with Crippen LogP contribution in [0.25, 0.3) is 0 Å². The SMILES string of the molecule is CCOc1ccc(NC(C)CS(=O)(=O)CC)cc1. The standard InChI is InChI=1S/C13H21NO3S/c1-4-17-13-8-6-12(7-9-13)14-11(3)10-18(15,16)5-2/h6-9,11,14H,4-5,10H2,1-3H3. The molecule has 102 valence electrons. The zero-order valence-corrected chi connectivity index (χ0v) is 12.0. The first-order valence-electron chi connectivity index (χ1n) is 6.16. The lowest BCUT2D eigenvalue weighted by molar-refractivity contribution is 0.340. The van der Waals surface area contributed by atoms with Crippen LogP contribution >= 0.6 is 0 Å². The van der Waals surface area contributed by atoms with Crippen molar-refractivity contribution < 1.29 is 13.2 Å². The van der Waals surface area contributed by atoms with Crippen LogP contribution in [0, 0.1) is 0 Å². The van der Waals surface area contributed by atoms with Gasteiger partial charge in [0.2, 0.25) is 0 Å². The van der Waals surface area contributed by atoms with E-state index >= 15 is 0 Å². The second kappa shape index (κ2) is 6.64. The van der Waals surface area contributed by atoms with Crippen molar-refractivity contribution in [2.75, 3.05) is 23.4 Å². The fourth-order valence-corrected chi connectivity index (χ4v) is 2.72. The fraction of sp³-hybridized carbons (Fsp3) is 0.538. The normalized spacial score (nSPS) is 13.1. The maximum Gasteiger partial charge on any atom is 0.152 e. The Bertz CT molecular complexity index is 454. The molecule has 0 aromatic heterocycles. The molecule has 4 nitrogen and oxygen atoms in total. The molecule has 0 aliphatic heterocycles. The first-order chi connectivity index (χ1) is 8.46. The average Bonchev–Trinajstić information content (AvgIpc) is 2.31. The second-order valence-corrected chi connectivity index (χ2v) is 6.60. The highest BCUT2D eigenvalue weighted by atomic mass is 32.2. The van der Waals surface area contributed by atoms with Crippen LogP contribution in [-0.2, 0) is 9.84 Å². The summed E-state index contributed by atoms with van der Waals surface area (Å²) in [5, 5.41) is 3.17. The third-order valence-electron chi connectivity index (χ3n) is 2.52. The molecule has 1 atom stereocenters. The summed E-state index contributed by atoms with van der Waals surface area (Å²) >= 11 is 0. The number of sulfone groups is 1. The van der Waals surface area contributed by atoms with Gasteiger partial charge in [0.1, 0.15) is 5.75 Å². The molecule has 0 spiro atoms. The monoisotopic (exact) mass is 271 g/mol. The van der Waals surface area contributed by atoms with E-state index in [1.54, 1.807) is 6.92 Å². The van der Waals surface area contributed by atoms with Gasteiger partial charge in [0.15, 0.2) is 9.84 Å². The summed E-state index contributed by atoms with van der Waals surface area (Å²) in [5.74, 6) is 1.15. The quantitative estimate of drug-likeness (QED) is 0.827. The molecule has 1 aromatic rings. The molecule has 0 saturated carbocycles. The highest BCUT2D eigenvalue weighted by Gasteiger charge is 2.13. The van der Waals surface area contributed by atoms with Gasteiger partial charge in [-0.1, -0.05) is 6.92 Å². The molecule has 0 aliphatic rings. The van der Waals surface area contributed by atoms with Crippen LogP contribution in [0.3, 0.4) is 0 Å². The number of anilines is 1. The van der Waals surface area contributed by atoms with Gasteiger partial charge in [0, 0.05) is 17.5 Å². The number of nitrogens with one attached hydrogen (secondary N) is 1. The third-order valence-corrected chi connectivity index (χ3v) is 4.41. The fourth-order valence-electron chi connectivity index (χ4n) is 1.64. The molecule has 0 heterocycles. The van der Waals surface area contributed by atoms with Crippen molar-refractivity contribution in [1.29, 1.82) is 0 Å². The minimum Gasteiger partial charge on any atom is -0.494 e. The molecule has 1 unspecified atom stereocenters. The maximum atomic E-state index is 11.5. The van der Waals surface area contributed by atoms with E-state index in [9.17, 15) is 8.42 Å². The minimum atomic E-state index is -2.94. The summed E-state index contributed by atoms with van der Waals surface area (Å²) < 4.78 is 28.3. The van der Waals surface area contributed by atoms with Crippen LogP contribution in [0.4, 0.5) is 5.69 Å². The zero-order valence-electron chi connectivity index (χ0n) is 11.1. The van der Waals surface area contributed by atoms with E-state index in [0.29, 0.717) is 6.61 Å². The van der Waals surface area contributed by atoms with Gasteiger partial charge in [-0.2, -0.15) is 0 Å². The molecule has 18 heavy (non-hydrogen) atoms. The predicted molar refractivity (Wildman–Crippen MR) is 75.0 cm³/mol. The highest BCUT2D eigenvalue weighted by molar-refractivity contribution is 7.91. The van der Waals surface area contributed by atoms with Crippen molar-refractivity contribution in [2.45, 2.75) is 26.8 Å². The molecule has 0 aliphatic carbocycles. The summed E-state index contributed by atoms with van der Waals surface area (Å²) in [7, 11) is -2.94. The Morgan fingerprint density at radius 3 is 2.33 bits per heavy atom. The van der Waals surface area contributed by atoms with Gasteiger partial charge in [0.05, 0.1) is 12.4 Å². The third kappa shape index (κ3) is 4.96. The number of benzene rings is 1. The van der Waals surface area contributed by atoms with E-state index in [-0.39, 0.29) is 17.5 Å². The Hall–Kier alpha value is -1.23. The van der Waals surface area contributed by atoms with Crippen molar-refractivity contribution >= 4 is 15.5 Å². The molecule has 0 radical (unpaired) electrons. The first-order valence-corrected chi connectivity index (χ1v) is 7.98. The van der Waals surface area contributed by atoms with Crippen molar-refractivity contribution in [3.63, 3.8) is 0 Å². The first kappa shape index (κ1) is 14.8. The largest absolute Gasteiger partial charge is 0.494 e. The smallest absolute Gasteiger partial charge is 0.152 e. The van der Waals surface area contributed by atoms with Gasteiger partial charge in [-0.05, 0) is 38.1 Å². The van der Waals surface area contributed by atoms with Crippen LogP contribution in [0.1, 0.15) is 20.8 Å². The molecule has 5 heteroatoms. The van der Waals surface area contributed by atoms with Gasteiger partial charge >= 0.3 is 0 Å². The van der Waals surface area contributed by atoms with Crippen LogP contribution < -0.4 is 10.1 Å². The van der Waals surface area contributed by atoms with Crippen molar-refractivity contribution in [2.24, 2.45) is 0 Å². The van der Waals surface area contributed by atoms with E-state index < -0.39 is 9.84 Å². The van der Waals surface area contributed by atoms with Crippen LogP contribution in [0.2, 0.25) is 0 Å². The Balaban J connectivity index is 2.57. The summed E-state index contributed by atoms with van der Waals surface area (Å²) in [6, 6.07) is 7.41. The van der Waals surface area contributed by atoms with Crippen LogP contribution in [0.15, 0.2) is 24.3 Å². The number of ether oxygens (including phenoxy) is 1. The van der Waals surface area contributed by atoms with Gasteiger partial charge in [-0.3, -0.25) is 0 Å². The maximum absolute atomic E-state index is 11.5. The Kier molecular flexibility index (Phi) is 5.47. The Morgan fingerprint density at radius 1 is 1.22 bits per heavy atom. The molecular formula is C13H21NO3S. The lowest BCUT2D eigenvalue weighted by atomic mass is 10.2. The summed E-state index contributed by atoms with van der Waals surface area (Å²) in [5.41, 5.74) is 0.900. The van der Waals surface area contributed by atoms with E-state index in [4.69, 9.17) is 4.74 Å². The van der Waals surface area contributed by atoms with Crippen LogP contribution in [-0.4, -0.2) is 32.6 Å². The molecule has 0 amide bonds. The van der Waals surface area contributed by atoms with Crippen molar-refractivity contribution in [3.8, 4) is 5.75 Å². The average molecular weight is 271 g/mol. The van der Waals surface area contributed by atoms with E-state index in [2.05, 4.69) is 5.32 Å². The molecule has 1 N–H and O–H groups in total. The number of hydrogen-bond acceptors (Lipinski definition) is 4. The van der Waals surface area contributed by atoms with E-state index in [0.717, 1.165) is 11.4 Å². The molecule has 1 rings (SSSR count). The lowest BCUT2D eigenvalue weighted by Gasteiger charge is -2.15. The van der Waals surface area contributed by atoms with E-state index in [1.165, 1.54) is 0 Å². The zero-order chi connectivity index (χ0) is 13.6. The van der Waals surface area contributed by atoms with Gasteiger partial charge in [-0.15, -0.1) is 0 Å². The Morgan fingerprint density at radius 2 is 1.83 bits per heavy atom. The molecule has 0 saturated heterocycles. The van der Waals surface area contributed by atoms with Gasteiger partial charge in [0.25, 0.3) is 0 Å². The van der Waals surface area contributed by atoms with Gasteiger partial charge in [-0.25, -0.2) is 8.42 Å². The second-order valence-electron chi connectivity index (χ2n) is 4.20. The summed E-state index contributed by atoms with van der Waals surface area (Å²) in [4.78, 5) is 0. The summed E-state index contributed by atoms with van der Waals surface area (Å²) in [6.07, 6.45) is 0. The molecule has 0 fully saturated rings. The predicted octanol–water partition coefficient (Wildman–Crippen LogP) is 2.32. The van der Waals surface area contributed by atoms with E-state index in [1.807, 2.05) is 38.1 Å². The Labute approximate surface area is 109 Å². The molecule has 0 bridgehead atoms. The van der Waals surface area contributed by atoms with Crippen LogP contribution in [0.5, 0.6) is 5.75 Å². The summed E-state index contributed by atoms with van der Waals surface area (Å²) in [6.45, 7) is 6.10. The topological polar surface area (TPSA) is 55.4 Å². The molecular weight excluding hydrogens is 250 g/mol. The highest BCUT2D eigenvalue weighted by Crippen LogP contribution is 2.16. The van der Waals surface area contributed by atoms with Gasteiger partial charge < -0.3 is 10.1 Å². The van der Waals surface area contributed by atoms with Crippen molar-refractivity contribution in [1.82, 2.24) is 0 Å². The van der Waals surface area contributed by atoms with Crippen molar-refractivity contribution in [3.05, 3.63) is 24.3 Å². The lowest BCUT2D eigenvalue weighted by Crippen LogP contribution is -2.26. The minimum absolute atomic E-state index is 0.104. The number of hydrogen-bond donors (Lipinski definition) is 1.